The highest BCUT2D eigenvalue weighted by Crippen LogP contribution is 2.05. The molecule has 0 bridgehead atoms. The first kappa shape index (κ1) is 14.2. The molecule has 0 fully saturated rings. The number of hydrogen-bond donors (Lipinski definition) is 1. The maximum absolute atomic E-state index is 11.5. The highest BCUT2D eigenvalue weighted by Gasteiger charge is 1.97. The number of aromatic nitrogens is 1. The van der Waals surface area contributed by atoms with Gasteiger partial charge in [-0.05, 0) is 30.4 Å². The Balaban J connectivity index is 2.43. The van der Waals surface area contributed by atoms with Crippen molar-refractivity contribution in [2.75, 3.05) is 23.4 Å². The predicted octanol–water partition coefficient (Wildman–Crippen LogP) is 2.81. The van der Waals surface area contributed by atoms with Crippen molar-refractivity contribution >= 4 is 17.4 Å². The molecule has 0 saturated carbocycles. The van der Waals surface area contributed by atoms with E-state index in [0.717, 1.165) is 31.6 Å². The third-order valence-electron chi connectivity index (χ3n) is 2.45. The van der Waals surface area contributed by atoms with Gasteiger partial charge in [-0.1, -0.05) is 13.8 Å². The molecule has 1 N–H and O–H groups in total. The van der Waals surface area contributed by atoms with E-state index in [1.54, 1.807) is 10.6 Å². The second-order valence-electron chi connectivity index (χ2n) is 3.93. The molecule has 4 heteroatoms. The maximum atomic E-state index is 11.5. The van der Waals surface area contributed by atoms with Gasteiger partial charge in [0.15, 0.2) is 0 Å². The van der Waals surface area contributed by atoms with E-state index in [1.807, 2.05) is 24.0 Å². The van der Waals surface area contributed by atoms with Gasteiger partial charge in [-0.15, -0.1) is 0 Å². The lowest BCUT2D eigenvalue weighted by atomic mass is 10.3. The van der Waals surface area contributed by atoms with Crippen molar-refractivity contribution < 1.29 is 0 Å². The maximum Gasteiger partial charge on any atom is 0.250 e. The van der Waals surface area contributed by atoms with Crippen molar-refractivity contribution in [3.8, 4) is 0 Å². The lowest BCUT2D eigenvalue weighted by molar-refractivity contribution is 0.655. The van der Waals surface area contributed by atoms with E-state index in [9.17, 15) is 4.79 Å². The zero-order chi connectivity index (χ0) is 12.5. The molecule has 1 aromatic heterocycles. The Morgan fingerprint density at radius 1 is 1.35 bits per heavy atom. The minimum absolute atomic E-state index is 0.0824. The lowest BCUT2D eigenvalue weighted by Crippen LogP contribution is -2.19. The van der Waals surface area contributed by atoms with Crippen LogP contribution in [-0.2, 0) is 6.54 Å². The molecule has 1 rings (SSSR count). The quantitative estimate of drug-likeness (QED) is 0.724. The number of hydrogen-bond acceptors (Lipinski definition) is 3. The molecule has 0 amide bonds. The fourth-order valence-electron chi connectivity index (χ4n) is 1.60. The monoisotopic (exact) mass is 254 g/mol. The van der Waals surface area contributed by atoms with Crippen molar-refractivity contribution in [3.63, 3.8) is 0 Å². The Bertz CT molecular complexity index is 376. The lowest BCUT2D eigenvalue weighted by Gasteiger charge is -2.09. The number of rotatable bonds is 8. The van der Waals surface area contributed by atoms with Crippen LogP contribution in [0.3, 0.4) is 0 Å². The summed E-state index contributed by atoms with van der Waals surface area (Å²) < 4.78 is 1.77. The van der Waals surface area contributed by atoms with Gasteiger partial charge in [-0.3, -0.25) is 4.79 Å². The predicted molar refractivity (Wildman–Crippen MR) is 77.1 cm³/mol. The molecule has 1 heterocycles. The Morgan fingerprint density at radius 3 is 2.88 bits per heavy atom. The first-order valence-electron chi connectivity index (χ1n) is 6.30. The molecule has 0 atom stereocenters. The number of anilines is 1. The van der Waals surface area contributed by atoms with Gasteiger partial charge < -0.3 is 9.88 Å². The molecule has 17 heavy (non-hydrogen) atoms. The minimum atomic E-state index is 0.0824. The summed E-state index contributed by atoms with van der Waals surface area (Å²) in [6, 6.07) is 3.50. The van der Waals surface area contributed by atoms with Crippen LogP contribution < -0.4 is 10.9 Å². The molecule has 0 unspecified atom stereocenters. The fraction of sp³-hybridized carbons (Fsp3) is 0.615. The number of nitrogens with one attached hydrogen (secondary N) is 1. The van der Waals surface area contributed by atoms with E-state index in [-0.39, 0.29) is 5.56 Å². The third-order valence-corrected chi connectivity index (χ3v) is 3.43. The van der Waals surface area contributed by atoms with E-state index >= 15 is 0 Å². The van der Waals surface area contributed by atoms with Gasteiger partial charge in [0.2, 0.25) is 0 Å². The van der Waals surface area contributed by atoms with Crippen LogP contribution in [0.2, 0.25) is 0 Å². The van der Waals surface area contributed by atoms with Gasteiger partial charge >= 0.3 is 0 Å². The van der Waals surface area contributed by atoms with E-state index in [1.165, 1.54) is 11.5 Å². The van der Waals surface area contributed by atoms with Crippen LogP contribution in [0.15, 0.2) is 23.1 Å². The number of pyridine rings is 1. The SMILES string of the molecule is CCCn1cc(NCCCSCC)ccc1=O. The Hall–Kier alpha value is -0.900. The van der Waals surface area contributed by atoms with Crippen LogP contribution in [0.5, 0.6) is 0 Å². The molecule has 0 aliphatic heterocycles. The first-order chi connectivity index (χ1) is 8.27. The van der Waals surface area contributed by atoms with E-state index in [4.69, 9.17) is 0 Å². The molecule has 0 spiro atoms. The summed E-state index contributed by atoms with van der Waals surface area (Å²) in [5.41, 5.74) is 1.12. The summed E-state index contributed by atoms with van der Waals surface area (Å²) in [6.07, 6.45) is 4.06. The van der Waals surface area contributed by atoms with E-state index in [2.05, 4.69) is 19.2 Å². The van der Waals surface area contributed by atoms with Crippen LogP contribution >= 0.6 is 11.8 Å². The van der Waals surface area contributed by atoms with Crippen LogP contribution in [-0.4, -0.2) is 22.6 Å². The summed E-state index contributed by atoms with van der Waals surface area (Å²) in [6.45, 7) is 6.02. The normalized spacial score (nSPS) is 10.5. The van der Waals surface area contributed by atoms with Gasteiger partial charge in [0.25, 0.3) is 5.56 Å². The van der Waals surface area contributed by atoms with Crippen molar-refractivity contribution in [3.05, 3.63) is 28.7 Å². The number of aryl methyl sites for hydroxylation is 1. The summed E-state index contributed by atoms with van der Waals surface area (Å²) in [4.78, 5) is 11.5. The summed E-state index contributed by atoms with van der Waals surface area (Å²) in [7, 11) is 0. The van der Waals surface area contributed by atoms with Crippen LogP contribution in [0, 0.1) is 0 Å². The first-order valence-corrected chi connectivity index (χ1v) is 7.45. The molecule has 0 saturated heterocycles. The molecule has 0 aliphatic carbocycles. The second-order valence-corrected chi connectivity index (χ2v) is 5.32. The van der Waals surface area contributed by atoms with Gasteiger partial charge in [-0.2, -0.15) is 11.8 Å². The van der Waals surface area contributed by atoms with Gasteiger partial charge in [0.1, 0.15) is 0 Å². The number of nitrogens with zero attached hydrogens (tertiary/aromatic N) is 1. The molecule has 0 radical (unpaired) electrons. The smallest absolute Gasteiger partial charge is 0.250 e. The highest BCUT2D eigenvalue weighted by atomic mass is 32.2. The van der Waals surface area contributed by atoms with Gasteiger partial charge in [0, 0.05) is 25.4 Å². The molecule has 1 aromatic rings. The van der Waals surface area contributed by atoms with Crippen molar-refractivity contribution in [1.82, 2.24) is 4.57 Å². The van der Waals surface area contributed by atoms with E-state index in [0.29, 0.717) is 0 Å². The molecular formula is C13H22N2OS. The van der Waals surface area contributed by atoms with Crippen LogP contribution in [0.4, 0.5) is 5.69 Å². The van der Waals surface area contributed by atoms with Crippen molar-refractivity contribution in [2.24, 2.45) is 0 Å². The van der Waals surface area contributed by atoms with Gasteiger partial charge in [-0.25, -0.2) is 0 Å². The third kappa shape index (κ3) is 5.31. The van der Waals surface area contributed by atoms with E-state index < -0.39 is 0 Å². The zero-order valence-corrected chi connectivity index (χ0v) is 11.6. The van der Waals surface area contributed by atoms with Crippen LogP contribution in [0.25, 0.3) is 0 Å². The average molecular weight is 254 g/mol. The molecule has 96 valence electrons. The molecule has 3 nitrogen and oxygen atoms in total. The Labute approximate surface area is 108 Å². The Morgan fingerprint density at radius 2 is 2.18 bits per heavy atom. The minimum Gasteiger partial charge on any atom is -0.384 e. The highest BCUT2D eigenvalue weighted by molar-refractivity contribution is 7.99. The standard InChI is InChI=1S/C13H22N2OS/c1-3-9-15-11-12(6-7-13(15)16)14-8-5-10-17-4-2/h6-7,11,14H,3-5,8-10H2,1-2H3. The molecule has 0 aromatic carbocycles. The average Bonchev–Trinajstić information content (AvgIpc) is 2.33. The number of thioether (sulfide) groups is 1. The second kappa shape index (κ2) is 8.23. The van der Waals surface area contributed by atoms with Crippen molar-refractivity contribution in [2.45, 2.75) is 33.2 Å². The summed E-state index contributed by atoms with van der Waals surface area (Å²) in [5, 5.41) is 3.36. The van der Waals surface area contributed by atoms with Gasteiger partial charge in [0.05, 0.1) is 5.69 Å². The Kier molecular flexibility index (Phi) is 6.86. The molecule has 0 aliphatic rings. The zero-order valence-electron chi connectivity index (χ0n) is 10.7. The van der Waals surface area contributed by atoms with Crippen LogP contribution in [0.1, 0.15) is 26.7 Å². The largest absolute Gasteiger partial charge is 0.384 e. The summed E-state index contributed by atoms with van der Waals surface area (Å²) >= 11 is 1.96. The van der Waals surface area contributed by atoms with Crippen molar-refractivity contribution in [1.29, 1.82) is 0 Å². The fourth-order valence-corrected chi connectivity index (χ4v) is 2.24. The topological polar surface area (TPSA) is 34.0 Å². The molecular weight excluding hydrogens is 232 g/mol. The summed E-state index contributed by atoms with van der Waals surface area (Å²) in [5.74, 6) is 2.37.